The molecule has 0 aliphatic carbocycles. The lowest BCUT2D eigenvalue weighted by atomic mass is 10.1. The Morgan fingerprint density at radius 2 is 1.80 bits per heavy atom. The van der Waals surface area contributed by atoms with E-state index in [4.69, 9.17) is 5.26 Å². The molecular formula is C16H14F2N2. The Balaban J connectivity index is 2.22. The van der Waals surface area contributed by atoms with Crippen molar-refractivity contribution in [2.45, 2.75) is 19.9 Å². The van der Waals surface area contributed by atoms with E-state index in [0.29, 0.717) is 0 Å². The number of anilines is 1. The lowest BCUT2D eigenvalue weighted by Gasteiger charge is -2.12. The molecule has 0 fully saturated rings. The van der Waals surface area contributed by atoms with E-state index in [2.05, 4.69) is 5.32 Å². The first-order valence-electron chi connectivity index (χ1n) is 6.35. The number of nitriles is 1. The molecule has 2 aromatic carbocycles. The normalized spacial score (nSPS) is 10.1. The van der Waals surface area contributed by atoms with Gasteiger partial charge in [0.25, 0.3) is 0 Å². The van der Waals surface area contributed by atoms with Crippen LogP contribution in [0.3, 0.4) is 0 Å². The minimum atomic E-state index is -0.706. The number of hydrogen-bond acceptors (Lipinski definition) is 2. The van der Waals surface area contributed by atoms with Crippen LogP contribution in [0.5, 0.6) is 0 Å². The zero-order valence-corrected chi connectivity index (χ0v) is 11.1. The molecule has 0 amide bonds. The van der Waals surface area contributed by atoms with Crippen LogP contribution in [-0.4, -0.2) is 0 Å². The molecule has 0 atom stereocenters. The van der Waals surface area contributed by atoms with Crippen molar-refractivity contribution in [3.05, 3.63) is 64.7 Å². The summed E-state index contributed by atoms with van der Waals surface area (Å²) in [4.78, 5) is 0. The van der Waals surface area contributed by atoms with Crippen LogP contribution in [0.2, 0.25) is 0 Å². The molecule has 0 aliphatic heterocycles. The number of rotatable bonds is 4. The van der Waals surface area contributed by atoms with Gasteiger partial charge in [0.1, 0.15) is 11.6 Å². The van der Waals surface area contributed by atoms with Crippen molar-refractivity contribution in [1.29, 1.82) is 5.26 Å². The molecule has 4 heteroatoms. The maximum absolute atomic E-state index is 13.8. The molecule has 0 saturated carbocycles. The molecule has 0 radical (unpaired) electrons. The van der Waals surface area contributed by atoms with Gasteiger partial charge < -0.3 is 5.32 Å². The summed E-state index contributed by atoms with van der Waals surface area (Å²) in [5, 5.41) is 11.7. The molecule has 0 bridgehead atoms. The summed E-state index contributed by atoms with van der Waals surface area (Å²) in [7, 11) is 0. The Bertz CT molecular complexity index is 637. The van der Waals surface area contributed by atoms with Crippen molar-refractivity contribution in [3.63, 3.8) is 0 Å². The largest absolute Gasteiger partial charge is 0.381 e. The third-order valence-electron chi connectivity index (χ3n) is 3.12. The average molecular weight is 272 g/mol. The van der Waals surface area contributed by atoms with Gasteiger partial charge in [0.2, 0.25) is 0 Å². The van der Waals surface area contributed by atoms with E-state index >= 15 is 0 Å². The maximum atomic E-state index is 13.8. The van der Waals surface area contributed by atoms with Gasteiger partial charge in [-0.25, -0.2) is 8.78 Å². The van der Waals surface area contributed by atoms with Gasteiger partial charge in [-0.15, -0.1) is 0 Å². The molecule has 102 valence electrons. The minimum Gasteiger partial charge on any atom is -0.381 e. The van der Waals surface area contributed by atoms with Crippen molar-refractivity contribution >= 4 is 5.69 Å². The number of aryl methyl sites for hydroxylation is 1. The van der Waals surface area contributed by atoms with Crippen LogP contribution < -0.4 is 5.32 Å². The standard InChI is InChI=1S/C16H14F2N2/c1-2-12-5-3-4-6-16(12)20-10-13-14(17)7-11(9-19)8-15(13)18/h3-8,20H,2,10H2,1H3. The Morgan fingerprint density at radius 3 is 2.40 bits per heavy atom. The third-order valence-corrected chi connectivity index (χ3v) is 3.12. The monoisotopic (exact) mass is 272 g/mol. The van der Waals surface area contributed by atoms with Crippen molar-refractivity contribution in [2.75, 3.05) is 5.32 Å². The first kappa shape index (κ1) is 14.0. The van der Waals surface area contributed by atoms with E-state index in [-0.39, 0.29) is 17.7 Å². The average Bonchev–Trinajstić information content (AvgIpc) is 2.46. The summed E-state index contributed by atoms with van der Waals surface area (Å²) in [5.41, 5.74) is 1.87. The Morgan fingerprint density at radius 1 is 1.15 bits per heavy atom. The van der Waals surface area contributed by atoms with Crippen LogP contribution in [0.1, 0.15) is 23.6 Å². The highest BCUT2D eigenvalue weighted by Gasteiger charge is 2.11. The van der Waals surface area contributed by atoms with Gasteiger partial charge in [-0.3, -0.25) is 0 Å². The van der Waals surface area contributed by atoms with Gasteiger partial charge in [0, 0.05) is 17.8 Å². The number of benzene rings is 2. The highest BCUT2D eigenvalue weighted by molar-refractivity contribution is 5.51. The SMILES string of the molecule is CCc1ccccc1NCc1c(F)cc(C#N)cc1F. The van der Waals surface area contributed by atoms with Crippen LogP contribution >= 0.6 is 0 Å². The number of nitrogens with zero attached hydrogens (tertiary/aromatic N) is 1. The topological polar surface area (TPSA) is 35.8 Å². The minimum absolute atomic E-state index is 0.0160. The fourth-order valence-electron chi connectivity index (χ4n) is 2.02. The summed E-state index contributed by atoms with van der Waals surface area (Å²) in [6.45, 7) is 2.06. The fourth-order valence-corrected chi connectivity index (χ4v) is 2.02. The molecule has 2 nitrogen and oxygen atoms in total. The van der Waals surface area contributed by atoms with E-state index < -0.39 is 11.6 Å². The van der Waals surface area contributed by atoms with Crippen molar-refractivity contribution < 1.29 is 8.78 Å². The van der Waals surface area contributed by atoms with Crippen LogP contribution in [-0.2, 0) is 13.0 Å². The van der Waals surface area contributed by atoms with Crippen LogP contribution in [0.15, 0.2) is 36.4 Å². The molecule has 0 aromatic heterocycles. The Labute approximate surface area is 116 Å². The molecule has 0 unspecified atom stereocenters. The predicted molar refractivity (Wildman–Crippen MR) is 74.2 cm³/mol. The second-order valence-corrected chi connectivity index (χ2v) is 4.39. The van der Waals surface area contributed by atoms with Crippen molar-refractivity contribution in [2.24, 2.45) is 0 Å². The number of nitrogens with one attached hydrogen (secondary N) is 1. The Kier molecular flexibility index (Phi) is 4.31. The fraction of sp³-hybridized carbons (Fsp3) is 0.188. The molecule has 1 N–H and O–H groups in total. The van der Waals surface area contributed by atoms with E-state index in [9.17, 15) is 8.78 Å². The van der Waals surface area contributed by atoms with E-state index in [0.717, 1.165) is 29.8 Å². The quantitative estimate of drug-likeness (QED) is 0.912. The summed E-state index contributed by atoms with van der Waals surface area (Å²) < 4.78 is 27.5. The lowest BCUT2D eigenvalue weighted by molar-refractivity contribution is 0.559. The van der Waals surface area contributed by atoms with Crippen molar-refractivity contribution in [3.8, 4) is 6.07 Å². The molecule has 0 spiro atoms. The van der Waals surface area contributed by atoms with E-state index in [1.807, 2.05) is 31.2 Å². The summed E-state index contributed by atoms with van der Waals surface area (Å²) in [6.07, 6.45) is 0.835. The number of halogens is 2. The van der Waals surface area contributed by atoms with E-state index in [1.165, 1.54) is 0 Å². The molecule has 0 aliphatic rings. The van der Waals surface area contributed by atoms with Crippen LogP contribution in [0.25, 0.3) is 0 Å². The van der Waals surface area contributed by atoms with E-state index in [1.54, 1.807) is 6.07 Å². The smallest absolute Gasteiger partial charge is 0.132 e. The maximum Gasteiger partial charge on any atom is 0.132 e. The second-order valence-electron chi connectivity index (χ2n) is 4.39. The molecule has 0 saturated heterocycles. The van der Waals surface area contributed by atoms with Gasteiger partial charge in [-0.05, 0) is 30.2 Å². The van der Waals surface area contributed by atoms with Crippen LogP contribution in [0, 0.1) is 23.0 Å². The summed E-state index contributed by atoms with van der Waals surface area (Å²) in [5.74, 6) is -1.41. The van der Waals surface area contributed by atoms with Crippen molar-refractivity contribution in [1.82, 2.24) is 0 Å². The summed E-state index contributed by atoms with van der Waals surface area (Å²) >= 11 is 0. The zero-order valence-electron chi connectivity index (χ0n) is 11.1. The predicted octanol–water partition coefficient (Wildman–Crippen LogP) is 4.01. The van der Waals surface area contributed by atoms with Gasteiger partial charge in [-0.2, -0.15) is 5.26 Å². The van der Waals surface area contributed by atoms with Gasteiger partial charge in [0.05, 0.1) is 11.6 Å². The zero-order chi connectivity index (χ0) is 14.5. The molecule has 0 heterocycles. The second kappa shape index (κ2) is 6.16. The summed E-state index contributed by atoms with van der Waals surface area (Å²) in [6, 6.07) is 11.5. The Hall–Kier alpha value is -2.41. The third kappa shape index (κ3) is 2.94. The highest BCUT2D eigenvalue weighted by Crippen LogP contribution is 2.20. The molecule has 20 heavy (non-hydrogen) atoms. The van der Waals surface area contributed by atoms with Crippen LogP contribution in [0.4, 0.5) is 14.5 Å². The van der Waals surface area contributed by atoms with Gasteiger partial charge in [-0.1, -0.05) is 25.1 Å². The molecule has 2 rings (SSSR count). The highest BCUT2D eigenvalue weighted by atomic mass is 19.1. The first-order valence-corrected chi connectivity index (χ1v) is 6.35. The number of para-hydroxylation sites is 1. The molecular weight excluding hydrogens is 258 g/mol. The first-order chi connectivity index (χ1) is 9.65. The number of hydrogen-bond donors (Lipinski definition) is 1. The lowest BCUT2D eigenvalue weighted by Crippen LogP contribution is -2.06. The van der Waals surface area contributed by atoms with Gasteiger partial charge in [0.15, 0.2) is 0 Å². The molecule has 2 aromatic rings. The van der Waals surface area contributed by atoms with Gasteiger partial charge >= 0.3 is 0 Å².